The predicted molar refractivity (Wildman–Crippen MR) is 118 cm³/mol. The number of sulfone groups is 1. The number of ether oxygens (including phenoxy) is 1. The van der Waals surface area contributed by atoms with E-state index in [2.05, 4.69) is 29.5 Å². The quantitative estimate of drug-likeness (QED) is 0.344. The number of hydrogen-bond donors (Lipinski definition) is 2. The number of guanidine groups is 1. The first-order chi connectivity index (χ1) is 11.7. The number of aliphatic imine (C=N–C) groups is 1. The molecule has 1 heterocycles. The Morgan fingerprint density at radius 2 is 1.73 bits per heavy atom. The van der Waals surface area contributed by atoms with Gasteiger partial charge in [-0.25, -0.2) is 8.42 Å². The molecule has 1 aliphatic heterocycles. The van der Waals surface area contributed by atoms with Gasteiger partial charge in [0.1, 0.15) is 0 Å². The maximum atomic E-state index is 12.4. The van der Waals surface area contributed by atoms with Crippen LogP contribution in [0.4, 0.5) is 0 Å². The summed E-state index contributed by atoms with van der Waals surface area (Å²) in [6.45, 7) is 8.71. The monoisotopic (exact) mass is 501 g/mol. The first-order valence-corrected chi connectivity index (χ1v) is 11.4. The van der Waals surface area contributed by atoms with Crippen LogP contribution >= 0.6 is 24.0 Å². The SMILES string of the molecule is CCNC(=NCC1(S(C)(=O)=O)CCOCC1)NC1CCC(C)(C)CC1.I. The molecule has 0 amide bonds. The fourth-order valence-electron chi connectivity index (χ4n) is 3.67. The van der Waals surface area contributed by atoms with Crippen molar-refractivity contribution in [2.45, 2.75) is 70.1 Å². The maximum absolute atomic E-state index is 12.4. The van der Waals surface area contributed by atoms with Gasteiger partial charge < -0.3 is 15.4 Å². The van der Waals surface area contributed by atoms with Gasteiger partial charge in [0.2, 0.25) is 0 Å². The van der Waals surface area contributed by atoms with Crippen LogP contribution in [0.1, 0.15) is 59.3 Å². The summed E-state index contributed by atoms with van der Waals surface area (Å²) in [7, 11) is -3.19. The number of nitrogens with zero attached hydrogens (tertiary/aromatic N) is 1. The van der Waals surface area contributed by atoms with Crippen molar-refractivity contribution < 1.29 is 13.2 Å². The summed E-state index contributed by atoms with van der Waals surface area (Å²) in [5.74, 6) is 0.738. The van der Waals surface area contributed by atoms with Crippen LogP contribution < -0.4 is 10.6 Å². The zero-order valence-electron chi connectivity index (χ0n) is 16.6. The fraction of sp³-hybridized carbons (Fsp3) is 0.944. The highest BCUT2D eigenvalue weighted by atomic mass is 127. The minimum absolute atomic E-state index is 0. The second-order valence-electron chi connectivity index (χ2n) is 8.35. The zero-order valence-corrected chi connectivity index (χ0v) is 19.8. The minimum Gasteiger partial charge on any atom is -0.381 e. The lowest BCUT2D eigenvalue weighted by Crippen LogP contribution is -2.49. The third-order valence-corrected chi connectivity index (χ3v) is 7.85. The van der Waals surface area contributed by atoms with E-state index in [1.165, 1.54) is 19.1 Å². The van der Waals surface area contributed by atoms with E-state index >= 15 is 0 Å². The van der Waals surface area contributed by atoms with E-state index in [9.17, 15) is 8.42 Å². The second kappa shape index (κ2) is 9.91. The summed E-state index contributed by atoms with van der Waals surface area (Å²) >= 11 is 0. The summed E-state index contributed by atoms with van der Waals surface area (Å²) in [6.07, 6.45) is 7.03. The molecule has 1 aliphatic carbocycles. The van der Waals surface area contributed by atoms with E-state index in [4.69, 9.17) is 4.74 Å². The Balaban J connectivity index is 0.00000338. The molecule has 154 valence electrons. The topological polar surface area (TPSA) is 79.8 Å². The Kier molecular flexibility index (Phi) is 9.13. The molecule has 8 heteroatoms. The minimum atomic E-state index is -3.19. The summed E-state index contributed by atoms with van der Waals surface area (Å²) in [4.78, 5) is 4.67. The molecule has 2 fully saturated rings. The molecule has 0 aromatic heterocycles. The highest BCUT2D eigenvalue weighted by molar-refractivity contribution is 14.0. The van der Waals surface area contributed by atoms with Gasteiger partial charge in [0, 0.05) is 32.1 Å². The van der Waals surface area contributed by atoms with Crippen molar-refractivity contribution in [1.29, 1.82) is 0 Å². The van der Waals surface area contributed by atoms with E-state index < -0.39 is 14.6 Å². The average Bonchev–Trinajstić information content (AvgIpc) is 2.54. The molecule has 6 nitrogen and oxygen atoms in total. The first-order valence-electron chi connectivity index (χ1n) is 9.50. The predicted octanol–water partition coefficient (Wildman–Crippen LogP) is 2.72. The van der Waals surface area contributed by atoms with Gasteiger partial charge in [0.25, 0.3) is 0 Å². The molecule has 0 radical (unpaired) electrons. The Labute approximate surface area is 176 Å². The van der Waals surface area contributed by atoms with Gasteiger partial charge >= 0.3 is 0 Å². The molecule has 0 spiro atoms. The number of rotatable bonds is 5. The van der Waals surface area contributed by atoms with Crippen molar-refractivity contribution in [1.82, 2.24) is 10.6 Å². The summed E-state index contributed by atoms with van der Waals surface area (Å²) in [6, 6.07) is 0.412. The van der Waals surface area contributed by atoms with E-state index in [0.29, 0.717) is 44.1 Å². The van der Waals surface area contributed by atoms with Gasteiger partial charge in [-0.05, 0) is 50.9 Å². The van der Waals surface area contributed by atoms with Crippen LogP contribution in [0.25, 0.3) is 0 Å². The lowest BCUT2D eigenvalue weighted by Gasteiger charge is -2.36. The van der Waals surface area contributed by atoms with Gasteiger partial charge in [-0.15, -0.1) is 24.0 Å². The van der Waals surface area contributed by atoms with Crippen LogP contribution in [0.3, 0.4) is 0 Å². The van der Waals surface area contributed by atoms with Crippen molar-refractivity contribution in [3.8, 4) is 0 Å². The molecule has 0 bridgehead atoms. The lowest BCUT2D eigenvalue weighted by atomic mass is 9.75. The molecule has 2 N–H and O–H groups in total. The smallest absolute Gasteiger partial charge is 0.191 e. The van der Waals surface area contributed by atoms with Crippen molar-refractivity contribution in [3.63, 3.8) is 0 Å². The maximum Gasteiger partial charge on any atom is 0.191 e. The fourth-order valence-corrected chi connectivity index (χ4v) is 4.88. The second-order valence-corrected chi connectivity index (χ2v) is 10.8. The summed E-state index contributed by atoms with van der Waals surface area (Å²) in [5.41, 5.74) is 0.427. The molecule has 0 atom stereocenters. The normalized spacial score (nSPS) is 23.8. The molecule has 2 aliphatic rings. The third kappa shape index (κ3) is 6.51. The van der Waals surface area contributed by atoms with Crippen LogP contribution in [0, 0.1) is 5.41 Å². The van der Waals surface area contributed by atoms with Gasteiger partial charge in [-0.3, -0.25) is 4.99 Å². The number of halogens is 1. The molecule has 0 aromatic carbocycles. The Morgan fingerprint density at radius 1 is 1.15 bits per heavy atom. The van der Waals surface area contributed by atoms with Crippen LogP contribution in [-0.2, 0) is 14.6 Å². The lowest BCUT2D eigenvalue weighted by molar-refractivity contribution is 0.0768. The van der Waals surface area contributed by atoms with Crippen molar-refractivity contribution in [2.24, 2.45) is 10.4 Å². The molecule has 0 unspecified atom stereocenters. The van der Waals surface area contributed by atoms with Crippen LogP contribution in [0.2, 0.25) is 0 Å². The van der Waals surface area contributed by atoms with Crippen LogP contribution in [-0.4, -0.2) is 57.7 Å². The van der Waals surface area contributed by atoms with Gasteiger partial charge in [-0.2, -0.15) is 0 Å². The van der Waals surface area contributed by atoms with Crippen molar-refractivity contribution in [3.05, 3.63) is 0 Å². The van der Waals surface area contributed by atoms with Gasteiger partial charge in [0.05, 0.1) is 11.3 Å². The largest absolute Gasteiger partial charge is 0.381 e. The van der Waals surface area contributed by atoms with E-state index in [1.54, 1.807) is 0 Å². The van der Waals surface area contributed by atoms with Crippen molar-refractivity contribution in [2.75, 3.05) is 32.6 Å². The average molecular weight is 501 g/mol. The van der Waals surface area contributed by atoms with E-state index in [0.717, 1.165) is 25.3 Å². The third-order valence-electron chi connectivity index (χ3n) is 5.74. The molecule has 0 aromatic rings. The van der Waals surface area contributed by atoms with E-state index in [-0.39, 0.29) is 24.0 Å². The molecule has 26 heavy (non-hydrogen) atoms. The van der Waals surface area contributed by atoms with Crippen LogP contribution in [0.5, 0.6) is 0 Å². The van der Waals surface area contributed by atoms with Gasteiger partial charge in [0.15, 0.2) is 15.8 Å². The standard InChI is InChI=1S/C18H35N3O3S.HI/c1-5-19-16(21-15-6-8-17(2,3)9-7-15)20-14-18(25(4,22)23)10-12-24-13-11-18;/h15H,5-14H2,1-4H3,(H2,19,20,21);1H. The van der Waals surface area contributed by atoms with E-state index in [1.807, 2.05) is 6.92 Å². The highest BCUT2D eigenvalue weighted by Gasteiger charge is 2.42. The van der Waals surface area contributed by atoms with Gasteiger partial charge in [-0.1, -0.05) is 13.8 Å². The van der Waals surface area contributed by atoms with Crippen LogP contribution in [0.15, 0.2) is 4.99 Å². The number of nitrogens with one attached hydrogen (secondary N) is 2. The zero-order chi connectivity index (χ0) is 18.6. The molecule has 1 saturated heterocycles. The number of hydrogen-bond acceptors (Lipinski definition) is 4. The molecular weight excluding hydrogens is 465 g/mol. The Morgan fingerprint density at radius 3 is 2.23 bits per heavy atom. The molecular formula is C18H36IN3O3S. The Hall–Kier alpha value is -0.0900. The first kappa shape index (κ1) is 23.9. The Bertz CT molecular complexity index is 562. The highest BCUT2D eigenvalue weighted by Crippen LogP contribution is 2.35. The molecule has 1 saturated carbocycles. The van der Waals surface area contributed by atoms with Crippen molar-refractivity contribution >= 4 is 39.8 Å². The summed E-state index contributed by atoms with van der Waals surface area (Å²) < 4.78 is 29.3. The molecule has 2 rings (SSSR count). The summed E-state index contributed by atoms with van der Waals surface area (Å²) in [5, 5.41) is 6.79.